The van der Waals surface area contributed by atoms with Crippen LogP contribution in [0.25, 0.3) is 0 Å². The van der Waals surface area contributed by atoms with Gasteiger partial charge in [0.25, 0.3) is 0 Å². The minimum Gasteiger partial charge on any atom is -0.389 e. The maximum absolute atomic E-state index is 9.08. The molecule has 1 aliphatic rings. The maximum atomic E-state index is 9.08. The Morgan fingerprint density at radius 1 is 1.11 bits per heavy atom. The van der Waals surface area contributed by atoms with Crippen molar-refractivity contribution in [3.8, 4) is 0 Å². The lowest BCUT2D eigenvalue weighted by Gasteiger charge is -2.02. The van der Waals surface area contributed by atoms with Crippen LogP contribution in [-0.2, 0) is 0 Å². The molecular formula is C8H12O. The molecule has 0 aromatic heterocycles. The zero-order valence-corrected chi connectivity index (χ0v) is 5.46. The molecule has 1 nitrogen and oxygen atoms in total. The van der Waals surface area contributed by atoms with E-state index in [-0.39, 0.29) is 6.10 Å². The first-order chi connectivity index (χ1) is 4.39. The smallest absolute Gasteiger partial charge is 0.0755 e. The number of rotatable bonds is 0. The normalized spacial score (nSPS) is 34.6. The lowest BCUT2D eigenvalue weighted by Crippen LogP contribution is -1.99. The molecule has 0 unspecified atom stereocenters. The summed E-state index contributed by atoms with van der Waals surface area (Å²) in [5.74, 6) is 0. The monoisotopic (exact) mass is 124 g/mol. The summed E-state index contributed by atoms with van der Waals surface area (Å²) < 4.78 is 0. The molecule has 0 spiro atoms. The minimum absolute atomic E-state index is 0.249. The Bertz CT molecular complexity index is 125. The van der Waals surface area contributed by atoms with Crippen molar-refractivity contribution in [2.75, 3.05) is 0 Å². The summed E-state index contributed by atoms with van der Waals surface area (Å²) in [4.78, 5) is 0. The van der Waals surface area contributed by atoms with Crippen molar-refractivity contribution in [2.24, 2.45) is 0 Å². The summed E-state index contributed by atoms with van der Waals surface area (Å²) in [6.45, 7) is 0. The molecule has 0 amide bonds. The van der Waals surface area contributed by atoms with Crippen molar-refractivity contribution >= 4 is 0 Å². The largest absolute Gasteiger partial charge is 0.389 e. The average molecular weight is 124 g/mol. The van der Waals surface area contributed by atoms with E-state index >= 15 is 0 Å². The van der Waals surface area contributed by atoms with Crippen LogP contribution in [0, 0.1) is 0 Å². The standard InChI is InChI=1S/C8H12O/c9-8-6-4-2-1-3-5-7-8/h2,4-5,7-9H,1,3,6H2/b4-2-,7-5-/t8-/m0/s1. The van der Waals surface area contributed by atoms with E-state index in [1.807, 2.05) is 18.2 Å². The van der Waals surface area contributed by atoms with Crippen molar-refractivity contribution in [3.05, 3.63) is 24.3 Å². The van der Waals surface area contributed by atoms with E-state index in [0.717, 1.165) is 19.3 Å². The zero-order chi connectivity index (χ0) is 6.53. The lowest BCUT2D eigenvalue weighted by molar-refractivity contribution is 0.226. The molecule has 9 heavy (non-hydrogen) atoms. The maximum Gasteiger partial charge on any atom is 0.0755 e. The summed E-state index contributed by atoms with van der Waals surface area (Å²) in [6.07, 6.45) is 10.8. The first-order valence-corrected chi connectivity index (χ1v) is 3.39. The molecule has 1 heteroatoms. The Morgan fingerprint density at radius 2 is 1.89 bits per heavy atom. The Morgan fingerprint density at radius 3 is 2.78 bits per heavy atom. The van der Waals surface area contributed by atoms with Gasteiger partial charge in [0, 0.05) is 0 Å². The quantitative estimate of drug-likeness (QED) is 0.487. The predicted molar refractivity (Wildman–Crippen MR) is 38.1 cm³/mol. The molecule has 0 aromatic rings. The van der Waals surface area contributed by atoms with Crippen molar-refractivity contribution in [1.29, 1.82) is 0 Å². The number of aliphatic hydroxyl groups excluding tert-OH is 1. The van der Waals surface area contributed by atoms with Crippen LogP contribution in [0.4, 0.5) is 0 Å². The van der Waals surface area contributed by atoms with Crippen LogP contribution in [0.3, 0.4) is 0 Å². The Labute approximate surface area is 55.7 Å². The highest BCUT2D eigenvalue weighted by molar-refractivity contribution is 4.98. The van der Waals surface area contributed by atoms with E-state index < -0.39 is 0 Å². The Kier molecular flexibility index (Phi) is 2.52. The van der Waals surface area contributed by atoms with Crippen LogP contribution in [0.5, 0.6) is 0 Å². The van der Waals surface area contributed by atoms with E-state index in [4.69, 9.17) is 5.11 Å². The van der Waals surface area contributed by atoms with Gasteiger partial charge < -0.3 is 5.11 Å². The van der Waals surface area contributed by atoms with E-state index in [9.17, 15) is 0 Å². The fourth-order valence-electron chi connectivity index (χ4n) is 0.878. The molecule has 0 aromatic carbocycles. The summed E-state index contributed by atoms with van der Waals surface area (Å²) in [5, 5.41) is 9.08. The van der Waals surface area contributed by atoms with Gasteiger partial charge in [-0.25, -0.2) is 0 Å². The fraction of sp³-hybridized carbons (Fsp3) is 0.500. The van der Waals surface area contributed by atoms with Gasteiger partial charge in [0.1, 0.15) is 0 Å². The van der Waals surface area contributed by atoms with Crippen molar-refractivity contribution < 1.29 is 5.11 Å². The van der Waals surface area contributed by atoms with Crippen molar-refractivity contribution in [3.63, 3.8) is 0 Å². The zero-order valence-electron chi connectivity index (χ0n) is 5.46. The van der Waals surface area contributed by atoms with Gasteiger partial charge in [-0.15, -0.1) is 0 Å². The summed E-state index contributed by atoms with van der Waals surface area (Å²) in [6, 6.07) is 0. The Balaban J connectivity index is 2.40. The minimum atomic E-state index is -0.249. The first-order valence-electron chi connectivity index (χ1n) is 3.39. The van der Waals surface area contributed by atoms with E-state index in [1.54, 1.807) is 0 Å². The lowest BCUT2D eigenvalue weighted by atomic mass is 10.1. The molecule has 1 atom stereocenters. The molecule has 50 valence electrons. The molecule has 1 N–H and O–H groups in total. The van der Waals surface area contributed by atoms with Crippen LogP contribution in [0.15, 0.2) is 24.3 Å². The highest BCUT2D eigenvalue weighted by atomic mass is 16.3. The van der Waals surface area contributed by atoms with Gasteiger partial charge in [0.15, 0.2) is 0 Å². The van der Waals surface area contributed by atoms with Gasteiger partial charge in [-0.2, -0.15) is 0 Å². The molecule has 0 aliphatic heterocycles. The van der Waals surface area contributed by atoms with Gasteiger partial charge in [0.2, 0.25) is 0 Å². The molecular weight excluding hydrogens is 112 g/mol. The van der Waals surface area contributed by atoms with Gasteiger partial charge in [0.05, 0.1) is 6.10 Å². The molecule has 0 fully saturated rings. The second-order valence-corrected chi connectivity index (χ2v) is 2.28. The van der Waals surface area contributed by atoms with Gasteiger partial charge in [-0.3, -0.25) is 0 Å². The van der Waals surface area contributed by atoms with Crippen LogP contribution >= 0.6 is 0 Å². The number of allylic oxidation sites excluding steroid dienone is 2. The molecule has 1 aliphatic carbocycles. The predicted octanol–water partition coefficient (Wildman–Crippen LogP) is 1.64. The van der Waals surface area contributed by atoms with E-state index in [2.05, 4.69) is 6.08 Å². The van der Waals surface area contributed by atoms with Gasteiger partial charge in [-0.1, -0.05) is 24.3 Å². The fourth-order valence-corrected chi connectivity index (χ4v) is 0.878. The Hall–Kier alpha value is -0.560. The highest BCUT2D eigenvalue weighted by Gasteiger charge is 1.95. The molecule has 0 radical (unpaired) electrons. The number of hydrogen-bond acceptors (Lipinski definition) is 1. The van der Waals surface area contributed by atoms with Gasteiger partial charge in [-0.05, 0) is 19.3 Å². The molecule has 0 saturated heterocycles. The van der Waals surface area contributed by atoms with Crippen LogP contribution in [-0.4, -0.2) is 11.2 Å². The molecule has 0 bridgehead atoms. The average Bonchev–Trinajstić information content (AvgIpc) is 1.79. The first kappa shape index (κ1) is 6.56. The van der Waals surface area contributed by atoms with Gasteiger partial charge >= 0.3 is 0 Å². The molecule has 0 saturated carbocycles. The SMILES string of the molecule is O[C@@H]1/C=C\CC/C=C\C1. The van der Waals surface area contributed by atoms with Crippen molar-refractivity contribution in [2.45, 2.75) is 25.4 Å². The highest BCUT2D eigenvalue weighted by Crippen LogP contribution is 2.03. The van der Waals surface area contributed by atoms with Crippen LogP contribution < -0.4 is 0 Å². The number of aliphatic hydroxyl groups is 1. The topological polar surface area (TPSA) is 20.2 Å². The second-order valence-electron chi connectivity index (χ2n) is 2.28. The molecule has 0 heterocycles. The summed E-state index contributed by atoms with van der Waals surface area (Å²) >= 11 is 0. The summed E-state index contributed by atoms with van der Waals surface area (Å²) in [5.41, 5.74) is 0. The van der Waals surface area contributed by atoms with E-state index in [1.165, 1.54) is 0 Å². The summed E-state index contributed by atoms with van der Waals surface area (Å²) in [7, 11) is 0. The number of hydrogen-bond donors (Lipinski definition) is 1. The third-order valence-electron chi connectivity index (χ3n) is 1.40. The van der Waals surface area contributed by atoms with Crippen molar-refractivity contribution in [1.82, 2.24) is 0 Å². The third kappa shape index (κ3) is 2.47. The second kappa shape index (κ2) is 3.46. The third-order valence-corrected chi connectivity index (χ3v) is 1.40. The van der Waals surface area contributed by atoms with Crippen LogP contribution in [0.2, 0.25) is 0 Å². The van der Waals surface area contributed by atoms with E-state index in [0.29, 0.717) is 0 Å². The molecule has 1 rings (SSSR count). The van der Waals surface area contributed by atoms with Crippen LogP contribution in [0.1, 0.15) is 19.3 Å².